The van der Waals surface area contributed by atoms with Crippen molar-refractivity contribution in [2.45, 2.75) is 51.8 Å². The van der Waals surface area contributed by atoms with E-state index in [4.69, 9.17) is 5.11 Å². The molecule has 0 aliphatic carbocycles. The minimum Gasteiger partial charge on any atom is -0.362 e. The van der Waals surface area contributed by atoms with Crippen LogP contribution in [0.2, 0.25) is 0 Å². The largest absolute Gasteiger partial charge is 0.362 e. The summed E-state index contributed by atoms with van der Waals surface area (Å²) in [5, 5.41) is 8.65. The van der Waals surface area contributed by atoms with E-state index < -0.39 is 5.85 Å². The Morgan fingerprint density at radius 1 is 1.30 bits per heavy atom. The zero-order chi connectivity index (χ0) is 8.04. The Hall–Kier alpha value is -0.110. The van der Waals surface area contributed by atoms with Gasteiger partial charge in [0.25, 0.3) is 0 Å². The Morgan fingerprint density at radius 2 is 1.90 bits per heavy atom. The van der Waals surface area contributed by atoms with Gasteiger partial charge < -0.3 is 5.11 Å². The van der Waals surface area contributed by atoms with Crippen molar-refractivity contribution in [2.24, 2.45) is 0 Å². The average Bonchev–Trinajstić information content (AvgIpc) is 1.78. The summed E-state index contributed by atoms with van der Waals surface area (Å²) in [7, 11) is 0. The van der Waals surface area contributed by atoms with Crippen LogP contribution in [0.3, 0.4) is 0 Å². The Labute approximate surface area is 62.3 Å². The minimum atomic E-state index is -1.95. The van der Waals surface area contributed by atoms with Crippen molar-refractivity contribution in [3.05, 3.63) is 0 Å². The summed E-state index contributed by atoms with van der Waals surface area (Å²) in [6.45, 7) is 3.31. The summed E-state index contributed by atoms with van der Waals surface area (Å²) >= 11 is 0. The summed E-state index contributed by atoms with van der Waals surface area (Å²) < 4.78 is 12.4. The second-order valence-electron chi connectivity index (χ2n) is 2.95. The number of unbranched alkanes of at least 4 members (excludes halogenated alkanes) is 3. The molecule has 0 fully saturated rings. The molecule has 0 saturated carbocycles. The molecule has 0 heterocycles. The molecule has 0 rings (SSSR count). The highest BCUT2D eigenvalue weighted by Crippen LogP contribution is 2.15. The van der Waals surface area contributed by atoms with E-state index in [1.165, 1.54) is 6.92 Å². The van der Waals surface area contributed by atoms with Crippen LogP contribution in [-0.4, -0.2) is 11.0 Å². The van der Waals surface area contributed by atoms with E-state index in [0.29, 0.717) is 0 Å². The zero-order valence-electron chi connectivity index (χ0n) is 6.86. The molecule has 0 radical (unpaired) electrons. The van der Waals surface area contributed by atoms with Crippen LogP contribution in [0, 0.1) is 0 Å². The second-order valence-corrected chi connectivity index (χ2v) is 2.95. The van der Waals surface area contributed by atoms with E-state index in [9.17, 15) is 4.39 Å². The van der Waals surface area contributed by atoms with Gasteiger partial charge >= 0.3 is 0 Å². The van der Waals surface area contributed by atoms with Gasteiger partial charge in [-0.1, -0.05) is 26.2 Å². The van der Waals surface area contributed by atoms with Crippen LogP contribution in [-0.2, 0) is 0 Å². The maximum Gasteiger partial charge on any atom is 0.203 e. The predicted octanol–water partition coefficient (Wildman–Crippen LogP) is 2.63. The Morgan fingerprint density at radius 3 is 2.30 bits per heavy atom. The van der Waals surface area contributed by atoms with Gasteiger partial charge in [-0.05, 0) is 13.3 Å². The van der Waals surface area contributed by atoms with E-state index in [0.717, 1.165) is 25.7 Å². The lowest BCUT2D eigenvalue weighted by Crippen LogP contribution is -2.15. The third-order valence-electron chi connectivity index (χ3n) is 1.49. The molecule has 0 aromatic rings. The molecule has 0 aromatic heterocycles. The van der Waals surface area contributed by atoms with Crippen LogP contribution < -0.4 is 0 Å². The van der Waals surface area contributed by atoms with Crippen molar-refractivity contribution >= 4 is 0 Å². The SMILES string of the molecule is CCCCCCC(C)(O)F. The fourth-order valence-electron chi connectivity index (χ4n) is 0.874. The van der Waals surface area contributed by atoms with E-state index in [1.807, 2.05) is 0 Å². The first kappa shape index (κ1) is 9.89. The molecule has 0 saturated heterocycles. The number of alkyl halides is 1. The Kier molecular flexibility index (Phi) is 4.62. The quantitative estimate of drug-likeness (QED) is 0.594. The molecule has 10 heavy (non-hydrogen) atoms. The van der Waals surface area contributed by atoms with Gasteiger partial charge in [0.2, 0.25) is 5.85 Å². The summed E-state index contributed by atoms with van der Waals surface area (Å²) in [6, 6.07) is 0. The van der Waals surface area contributed by atoms with E-state index in [1.54, 1.807) is 0 Å². The van der Waals surface area contributed by atoms with Crippen molar-refractivity contribution < 1.29 is 9.50 Å². The lowest BCUT2D eigenvalue weighted by molar-refractivity contribution is -0.0780. The first-order valence-corrected chi connectivity index (χ1v) is 3.97. The Bertz CT molecular complexity index is 75.8. The maximum absolute atomic E-state index is 12.4. The molecule has 0 bridgehead atoms. The molecular formula is C8H17FO. The highest BCUT2D eigenvalue weighted by molar-refractivity contribution is 4.56. The molecule has 0 aromatic carbocycles. The molecule has 0 spiro atoms. The fourth-order valence-corrected chi connectivity index (χ4v) is 0.874. The molecule has 1 N–H and O–H groups in total. The molecule has 2 heteroatoms. The molecule has 1 unspecified atom stereocenters. The topological polar surface area (TPSA) is 20.2 Å². The standard InChI is InChI=1S/C8H17FO/c1-3-4-5-6-7-8(2,9)10/h10H,3-7H2,1-2H3. The van der Waals surface area contributed by atoms with Crippen LogP contribution in [0.5, 0.6) is 0 Å². The van der Waals surface area contributed by atoms with Gasteiger partial charge in [-0.25, -0.2) is 4.39 Å². The smallest absolute Gasteiger partial charge is 0.203 e. The van der Waals surface area contributed by atoms with Gasteiger partial charge in [-0.2, -0.15) is 0 Å². The van der Waals surface area contributed by atoms with Gasteiger partial charge in [-0.15, -0.1) is 0 Å². The van der Waals surface area contributed by atoms with E-state index in [-0.39, 0.29) is 6.42 Å². The summed E-state index contributed by atoms with van der Waals surface area (Å²) in [5.74, 6) is -1.95. The highest BCUT2D eigenvalue weighted by Gasteiger charge is 2.15. The zero-order valence-corrected chi connectivity index (χ0v) is 6.86. The molecule has 1 atom stereocenters. The summed E-state index contributed by atoms with van der Waals surface area (Å²) in [5.41, 5.74) is 0. The van der Waals surface area contributed by atoms with Gasteiger partial charge in [0.05, 0.1) is 0 Å². The lowest BCUT2D eigenvalue weighted by Gasteiger charge is -2.11. The summed E-state index contributed by atoms with van der Waals surface area (Å²) in [6.07, 6.45) is 4.37. The first-order chi connectivity index (χ1) is 4.56. The average molecular weight is 148 g/mol. The van der Waals surface area contributed by atoms with Gasteiger partial charge in [0, 0.05) is 6.42 Å². The second kappa shape index (κ2) is 4.67. The number of rotatable bonds is 5. The number of hydrogen-bond acceptors (Lipinski definition) is 1. The van der Waals surface area contributed by atoms with Gasteiger partial charge in [0.1, 0.15) is 0 Å². The fraction of sp³-hybridized carbons (Fsp3) is 1.00. The molecule has 0 amide bonds. The minimum absolute atomic E-state index is 0.271. The van der Waals surface area contributed by atoms with Crippen molar-refractivity contribution in [2.75, 3.05) is 0 Å². The van der Waals surface area contributed by atoms with Crippen LogP contribution in [0.15, 0.2) is 0 Å². The van der Waals surface area contributed by atoms with Crippen molar-refractivity contribution in [3.63, 3.8) is 0 Å². The number of halogens is 1. The van der Waals surface area contributed by atoms with Gasteiger partial charge in [0.15, 0.2) is 0 Å². The molecule has 0 aliphatic rings. The van der Waals surface area contributed by atoms with Crippen molar-refractivity contribution in [3.8, 4) is 0 Å². The molecule has 0 aliphatic heterocycles. The van der Waals surface area contributed by atoms with Crippen LogP contribution in [0.4, 0.5) is 4.39 Å². The maximum atomic E-state index is 12.4. The van der Waals surface area contributed by atoms with Crippen LogP contribution in [0.1, 0.15) is 46.0 Å². The lowest BCUT2D eigenvalue weighted by atomic mass is 10.1. The third kappa shape index (κ3) is 7.89. The first-order valence-electron chi connectivity index (χ1n) is 3.97. The van der Waals surface area contributed by atoms with Gasteiger partial charge in [-0.3, -0.25) is 0 Å². The molecular weight excluding hydrogens is 131 g/mol. The highest BCUT2D eigenvalue weighted by atomic mass is 19.2. The monoisotopic (exact) mass is 148 g/mol. The Balaban J connectivity index is 3.04. The number of hydrogen-bond donors (Lipinski definition) is 1. The van der Waals surface area contributed by atoms with Crippen molar-refractivity contribution in [1.29, 1.82) is 0 Å². The van der Waals surface area contributed by atoms with Crippen molar-refractivity contribution in [1.82, 2.24) is 0 Å². The van der Waals surface area contributed by atoms with E-state index >= 15 is 0 Å². The van der Waals surface area contributed by atoms with E-state index in [2.05, 4.69) is 6.92 Å². The third-order valence-corrected chi connectivity index (χ3v) is 1.49. The summed E-state index contributed by atoms with van der Waals surface area (Å²) in [4.78, 5) is 0. The number of aliphatic hydroxyl groups is 1. The molecule has 62 valence electrons. The van der Waals surface area contributed by atoms with Crippen LogP contribution in [0.25, 0.3) is 0 Å². The predicted molar refractivity (Wildman–Crippen MR) is 40.5 cm³/mol. The molecule has 1 nitrogen and oxygen atoms in total. The normalized spacial score (nSPS) is 16.8. The van der Waals surface area contributed by atoms with Crippen LogP contribution >= 0.6 is 0 Å².